The van der Waals surface area contributed by atoms with E-state index in [1.54, 1.807) is 0 Å². The van der Waals surface area contributed by atoms with Crippen molar-refractivity contribution in [2.24, 2.45) is 0 Å². The van der Waals surface area contributed by atoms with Gasteiger partial charge in [-0.05, 0) is 38.8 Å². The van der Waals surface area contributed by atoms with Gasteiger partial charge < -0.3 is 10.1 Å². The fourth-order valence-electron chi connectivity index (χ4n) is 2.05. The van der Waals surface area contributed by atoms with Crippen molar-refractivity contribution in [1.82, 2.24) is 10.3 Å². The molecule has 0 aliphatic carbocycles. The standard InChI is InChI=1S/C13H20N2O/c1-10(2)16-13-7-6-11(9-15-13)12-5-3-4-8-14-12/h6-7,9-10,12,14H,3-5,8H2,1-2H3/t12-/m0/s1. The molecule has 0 amide bonds. The van der Waals surface area contributed by atoms with Crippen molar-refractivity contribution in [3.63, 3.8) is 0 Å². The lowest BCUT2D eigenvalue weighted by atomic mass is 9.99. The summed E-state index contributed by atoms with van der Waals surface area (Å²) in [5.41, 5.74) is 1.27. The first-order chi connectivity index (χ1) is 7.75. The molecular weight excluding hydrogens is 200 g/mol. The Labute approximate surface area is 97.2 Å². The zero-order valence-corrected chi connectivity index (χ0v) is 10.1. The van der Waals surface area contributed by atoms with Crippen LogP contribution in [0.5, 0.6) is 5.88 Å². The van der Waals surface area contributed by atoms with Gasteiger partial charge in [-0.3, -0.25) is 0 Å². The fourth-order valence-corrected chi connectivity index (χ4v) is 2.05. The van der Waals surface area contributed by atoms with Crippen molar-refractivity contribution in [3.8, 4) is 5.88 Å². The Morgan fingerprint density at radius 1 is 1.38 bits per heavy atom. The number of nitrogens with one attached hydrogen (secondary N) is 1. The highest BCUT2D eigenvalue weighted by molar-refractivity contribution is 5.21. The summed E-state index contributed by atoms with van der Waals surface area (Å²) in [6, 6.07) is 4.56. The van der Waals surface area contributed by atoms with Crippen LogP contribution in [0.25, 0.3) is 0 Å². The van der Waals surface area contributed by atoms with Crippen LogP contribution in [-0.4, -0.2) is 17.6 Å². The Morgan fingerprint density at radius 3 is 2.81 bits per heavy atom. The van der Waals surface area contributed by atoms with Crippen LogP contribution in [0.3, 0.4) is 0 Å². The third-order valence-electron chi connectivity index (χ3n) is 2.83. The van der Waals surface area contributed by atoms with Crippen molar-refractivity contribution in [1.29, 1.82) is 0 Å². The average molecular weight is 220 g/mol. The SMILES string of the molecule is CC(C)Oc1ccc([C@@H]2CCCCN2)cn1. The van der Waals surface area contributed by atoms with E-state index in [0.29, 0.717) is 6.04 Å². The summed E-state index contributed by atoms with van der Waals surface area (Å²) < 4.78 is 5.52. The first-order valence-corrected chi connectivity index (χ1v) is 6.11. The largest absolute Gasteiger partial charge is 0.475 e. The first-order valence-electron chi connectivity index (χ1n) is 6.11. The molecule has 0 spiro atoms. The van der Waals surface area contributed by atoms with Crippen LogP contribution < -0.4 is 10.1 Å². The van der Waals surface area contributed by atoms with Crippen LogP contribution in [0, 0.1) is 0 Å². The summed E-state index contributed by atoms with van der Waals surface area (Å²) in [5.74, 6) is 0.717. The van der Waals surface area contributed by atoms with Crippen molar-refractivity contribution in [2.45, 2.75) is 45.3 Å². The summed E-state index contributed by atoms with van der Waals surface area (Å²) in [6.07, 6.45) is 5.93. The summed E-state index contributed by atoms with van der Waals surface area (Å²) in [5, 5.41) is 3.51. The van der Waals surface area contributed by atoms with E-state index in [2.05, 4.69) is 16.4 Å². The minimum Gasteiger partial charge on any atom is -0.475 e. The lowest BCUT2D eigenvalue weighted by molar-refractivity contribution is 0.232. The van der Waals surface area contributed by atoms with Gasteiger partial charge in [0.2, 0.25) is 5.88 Å². The van der Waals surface area contributed by atoms with E-state index in [-0.39, 0.29) is 6.10 Å². The lowest BCUT2D eigenvalue weighted by Gasteiger charge is -2.23. The van der Waals surface area contributed by atoms with Crippen molar-refractivity contribution in [3.05, 3.63) is 23.9 Å². The van der Waals surface area contributed by atoms with Crippen LogP contribution >= 0.6 is 0 Å². The van der Waals surface area contributed by atoms with Crippen molar-refractivity contribution >= 4 is 0 Å². The molecule has 88 valence electrons. The van der Waals surface area contributed by atoms with Gasteiger partial charge in [-0.25, -0.2) is 4.98 Å². The molecular formula is C13H20N2O. The smallest absolute Gasteiger partial charge is 0.213 e. The maximum atomic E-state index is 5.52. The average Bonchev–Trinajstić information content (AvgIpc) is 2.30. The highest BCUT2D eigenvalue weighted by atomic mass is 16.5. The van der Waals surface area contributed by atoms with Crippen LogP contribution in [0.15, 0.2) is 18.3 Å². The van der Waals surface area contributed by atoms with E-state index in [4.69, 9.17) is 4.74 Å². The Hall–Kier alpha value is -1.09. The summed E-state index contributed by atoms with van der Waals surface area (Å²) in [4.78, 5) is 4.33. The van der Waals surface area contributed by atoms with Crippen molar-refractivity contribution < 1.29 is 4.74 Å². The molecule has 0 aromatic carbocycles. The minimum absolute atomic E-state index is 0.186. The Morgan fingerprint density at radius 2 is 2.25 bits per heavy atom. The van der Waals surface area contributed by atoms with Crippen LogP contribution in [-0.2, 0) is 0 Å². The maximum absolute atomic E-state index is 5.52. The molecule has 1 aliphatic heterocycles. The maximum Gasteiger partial charge on any atom is 0.213 e. The normalized spacial score (nSPS) is 21.1. The molecule has 1 aromatic rings. The molecule has 0 bridgehead atoms. The van der Waals surface area contributed by atoms with E-state index in [1.807, 2.05) is 26.1 Å². The summed E-state index contributed by atoms with van der Waals surface area (Å²) >= 11 is 0. The highest BCUT2D eigenvalue weighted by Crippen LogP contribution is 2.23. The molecule has 0 unspecified atom stereocenters. The molecule has 1 saturated heterocycles. The topological polar surface area (TPSA) is 34.1 Å². The van der Waals surface area contributed by atoms with Crippen molar-refractivity contribution in [2.75, 3.05) is 6.54 Å². The Balaban J connectivity index is 2.00. The van der Waals surface area contributed by atoms with E-state index in [9.17, 15) is 0 Å². The fraction of sp³-hybridized carbons (Fsp3) is 0.615. The lowest BCUT2D eigenvalue weighted by Crippen LogP contribution is -2.26. The van der Waals surface area contributed by atoms with Gasteiger partial charge in [0.05, 0.1) is 6.10 Å². The monoisotopic (exact) mass is 220 g/mol. The van der Waals surface area contributed by atoms with Gasteiger partial charge in [0.25, 0.3) is 0 Å². The number of piperidine rings is 1. The van der Waals surface area contributed by atoms with Gasteiger partial charge in [0, 0.05) is 18.3 Å². The quantitative estimate of drug-likeness (QED) is 0.850. The van der Waals surface area contributed by atoms with Crippen LogP contribution in [0.1, 0.15) is 44.7 Å². The second kappa shape index (κ2) is 5.30. The van der Waals surface area contributed by atoms with Gasteiger partial charge in [-0.15, -0.1) is 0 Å². The molecule has 3 nitrogen and oxygen atoms in total. The number of ether oxygens (including phenoxy) is 1. The van der Waals surface area contributed by atoms with Gasteiger partial charge in [0.15, 0.2) is 0 Å². The molecule has 2 heterocycles. The molecule has 0 saturated carbocycles. The third kappa shape index (κ3) is 2.95. The molecule has 0 radical (unpaired) electrons. The molecule has 3 heteroatoms. The van der Waals surface area contributed by atoms with Gasteiger partial charge >= 0.3 is 0 Å². The van der Waals surface area contributed by atoms with E-state index < -0.39 is 0 Å². The second-order valence-corrected chi connectivity index (χ2v) is 4.60. The number of pyridine rings is 1. The zero-order valence-electron chi connectivity index (χ0n) is 10.1. The van der Waals surface area contributed by atoms with E-state index in [1.165, 1.54) is 24.8 Å². The molecule has 1 N–H and O–H groups in total. The summed E-state index contributed by atoms with van der Waals surface area (Å²) in [6.45, 7) is 5.14. The predicted molar refractivity (Wildman–Crippen MR) is 64.6 cm³/mol. The van der Waals surface area contributed by atoms with Gasteiger partial charge in [-0.1, -0.05) is 12.5 Å². The number of rotatable bonds is 3. The first kappa shape index (κ1) is 11.4. The minimum atomic E-state index is 0.186. The third-order valence-corrected chi connectivity index (χ3v) is 2.83. The molecule has 16 heavy (non-hydrogen) atoms. The highest BCUT2D eigenvalue weighted by Gasteiger charge is 2.14. The number of nitrogens with zero attached hydrogens (tertiary/aromatic N) is 1. The van der Waals surface area contributed by atoms with Crippen LogP contribution in [0.2, 0.25) is 0 Å². The second-order valence-electron chi connectivity index (χ2n) is 4.60. The van der Waals surface area contributed by atoms with Gasteiger partial charge in [-0.2, -0.15) is 0 Å². The van der Waals surface area contributed by atoms with Crippen LogP contribution in [0.4, 0.5) is 0 Å². The Kier molecular flexibility index (Phi) is 3.78. The number of hydrogen-bond donors (Lipinski definition) is 1. The molecule has 2 rings (SSSR count). The molecule has 1 aliphatic rings. The summed E-state index contributed by atoms with van der Waals surface area (Å²) in [7, 11) is 0. The molecule has 1 atom stereocenters. The Bertz CT molecular complexity index is 315. The molecule has 1 aromatic heterocycles. The van der Waals surface area contributed by atoms with E-state index >= 15 is 0 Å². The van der Waals surface area contributed by atoms with E-state index in [0.717, 1.165) is 12.4 Å². The number of hydrogen-bond acceptors (Lipinski definition) is 3. The predicted octanol–water partition coefficient (Wildman–Crippen LogP) is 2.68. The number of aromatic nitrogens is 1. The zero-order chi connectivity index (χ0) is 11.4. The molecule has 1 fully saturated rings. The van der Waals surface area contributed by atoms with Gasteiger partial charge in [0.1, 0.15) is 0 Å².